The van der Waals surface area contributed by atoms with Crippen LogP contribution in [0.3, 0.4) is 0 Å². The molecule has 28 heavy (non-hydrogen) atoms. The van der Waals surface area contributed by atoms with Crippen LogP contribution in [0.25, 0.3) is 0 Å². The van der Waals surface area contributed by atoms with E-state index in [1.807, 2.05) is 55.5 Å². The molecule has 0 saturated carbocycles. The van der Waals surface area contributed by atoms with Crippen LogP contribution < -0.4 is 19.5 Å². The maximum absolute atomic E-state index is 12.7. The molecule has 6 nitrogen and oxygen atoms in total. The summed E-state index contributed by atoms with van der Waals surface area (Å²) in [6.45, 7) is 2.16. The van der Waals surface area contributed by atoms with Crippen LogP contribution in [0.15, 0.2) is 72.9 Å². The number of carbonyl (C=O) groups excluding carboxylic acids is 1. The second-order valence-electron chi connectivity index (χ2n) is 6.43. The van der Waals surface area contributed by atoms with Crippen molar-refractivity contribution in [2.24, 2.45) is 0 Å². The molecule has 0 fully saturated rings. The van der Waals surface area contributed by atoms with Gasteiger partial charge in [0.15, 0.2) is 11.5 Å². The monoisotopic (exact) mass is 376 g/mol. The lowest BCUT2D eigenvalue weighted by molar-refractivity contribution is -0.128. The molecule has 1 amide bonds. The molecule has 3 aromatic rings. The van der Waals surface area contributed by atoms with Gasteiger partial charge in [-0.1, -0.05) is 24.3 Å². The van der Waals surface area contributed by atoms with Crippen molar-refractivity contribution in [3.05, 3.63) is 78.6 Å². The quantitative estimate of drug-likeness (QED) is 0.733. The molecule has 0 aliphatic carbocycles. The van der Waals surface area contributed by atoms with Crippen LogP contribution in [0.5, 0.6) is 17.2 Å². The lowest BCUT2D eigenvalue weighted by atomic mass is 10.1. The number of aromatic nitrogens is 1. The maximum Gasteiger partial charge on any atom is 0.269 e. The van der Waals surface area contributed by atoms with E-state index < -0.39 is 12.2 Å². The summed E-state index contributed by atoms with van der Waals surface area (Å²) in [4.78, 5) is 16.9. The fourth-order valence-electron chi connectivity index (χ4n) is 2.92. The summed E-state index contributed by atoms with van der Waals surface area (Å²) in [5.41, 5.74) is 1.45. The summed E-state index contributed by atoms with van der Waals surface area (Å²) in [6.07, 6.45) is 0.576. The van der Waals surface area contributed by atoms with Crippen molar-refractivity contribution in [3.8, 4) is 17.2 Å². The molecular weight excluding hydrogens is 356 g/mol. The fourth-order valence-corrected chi connectivity index (χ4v) is 2.92. The Hall–Kier alpha value is -3.54. The molecule has 2 aromatic carbocycles. The van der Waals surface area contributed by atoms with Gasteiger partial charge in [-0.05, 0) is 43.3 Å². The van der Waals surface area contributed by atoms with Crippen molar-refractivity contribution in [2.45, 2.75) is 25.7 Å². The van der Waals surface area contributed by atoms with E-state index in [2.05, 4.69) is 10.3 Å². The number of hydrogen-bond acceptors (Lipinski definition) is 5. The van der Waals surface area contributed by atoms with Gasteiger partial charge >= 0.3 is 0 Å². The minimum Gasteiger partial charge on any atom is -0.487 e. The third-order valence-corrected chi connectivity index (χ3v) is 4.32. The van der Waals surface area contributed by atoms with Gasteiger partial charge in [-0.25, -0.2) is 0 Å². The lowest BCUT2D eigenvalue weighted by Gasteiger charge is -2.31. The number of benzene rings is 2. The van der Waals surface area contributed by atoms with Gasteiger partial charge in [-0.15, -0.1) is 0 Å². The molecule has 2 heterocycles. The Morgan fingerprint density at radius 3 is 2.61 bits per heavy atom. The molecule has 2 atom stereocenters. The zero-order chi connectivity index (χ0) is 19.3. The predicted octanol–water partition coefficient (Wildman–Crippen LogP) is 3.83. The molecule has 0 spiro atoms. The Morgan fingerprint density at radius 1 is 1.04 bits per heavy atom. The Bertz CT molecular complexity index is 962. The van der Waals surface area contributed by atoms with E-state index in [4.69, 9.17) is 14.2 Å². The first-order valence-corrected chi connectivity index (χ1v) is 9.05. The summed E-state index contributed by atoms with van der Waals surface area (Å²) in [5, 5.41) is 2.87. The topological polar surface area (TPSA) is 69.7 Å². The molecule has 142 valence electrons. The number of nitrogens with zero attached hydrogens (tertiary/aromatic N) is 1. The van der Waals surface area contributed by atoms with E-state index in [-0.39, 0.29) is 5.91 Å². The number of ether oxygens (including phenoxy) is 3. The number of anilines is 1. The summed E-state index contributed by atoms with van der Waals surface area (Å²) < 4.78 is 17.4. The molecule has 6 heteroatoms. The highest BCUT2D eigenvalue weighted by Gasteiger charge is 2.34. The van der Waals surface area contributed by atoms with E-state index in [1.165, 1.54) is 0 Å². The Balaban J connectivity index is 1.41. The molecule has 0 saturated heterocycles. The number of pyridine rings is 1. The molecular formula is C22H20N2O4. The molecule has 1 N–H and O–H groups in total. The second kappa shape index (κ2) is 8.00. The van der Waals surface area contributed by atoms with Crippen molar-refractivity contribution in [1.82, 2.24) is 4.98 Å². The van der Waals surface area contributed by atoms with E-state index in [1.54, 1.807) is 24.4 Å². The first-order chi connectivity index (χ1) is 13.7. The summed E-state index contributed by atoms with van der Waals surface area (Å²) in [6, 6.07) is 20.2. The van der Waals surface area contributed by atoms with Gasteiger partial charge in [0.2, 0.25) is 6.10 Å². The maximum atomic E-state index is 12.7. The van der Waals surface area contributed by atoms with Gasteiger partial charge in [0.1, 0.15) is 18.5 Å². The van der Waals surface area contributed by atoms with Gasteiger partial charge in [-0.2, -0.15) is 0 Å². The number of fused-ring (bicyclic) bond motifs is 1. The third-order valence-electron chi connectivity index (χ3n) is 4.32. The van der Waals surface area contributed by atoms with Crippen molar-refractivity contribution in [2.75, 3.05) is 5.32 Å². The highest BCUT2D eigenvalue weighted by atomic mass is 16.6. The van der Waals surface area contributed by atoms with Crippen LogP contribution in [-0.2, 0) is 11.4 Å². The van der Waals surface area contributed by atoms with Gasteiger partial charge in [0.25, 0.3) is 5.91 Å². The zero-order valence-corrected chi connectivity index (χ0v) is 15.4. The number of nitrogens with one attached hydrogen (secondary N) is 1. The molecule has 4 rings (SSSR count). The number of para-hydroxylation sites is 2. The Labute approximate surface area is 163 Å². The highest BCUT2D eigenvalue weighted by molar-refractivity contribution is 5.95. The number of amides is 1. The van der Waals surface area contributed by atoms with Gasteiger partial charge in [0, 0.05) is 18.0 Å². The van der Waals surface area contributed by atoms with Crippen molar-refractivity contribution in [3.63, 3.8) is 0 Å². The van der Waals surface area contributed by atoms with E-state index in [0.29, 0.717) is 29.5 Å². The molecule has 0 bridgehead atoms. The minimum atomic E-state index is -0.743. The Morgan fingerprint density at radius 2 is 1.82 bits per heavy atom. The third kappa shape index (κ3) is 4.06. The number of rotatable bonds is 5. The van der Waals surface area contributed by atoms with Gasteiger partial charge in [-0.3, -0.25) is 9.78 Å². The van der Waals surface area contributed by atoms with Crippen LogP contribution in [0.2, 0.25) is 0 Å². The fraction of sp³-hybridized carbons (Fsp3) is 0.182. The minimum absolute atomic E-state index is 0.274. The van der Waals surface area contributed by atoms with Crippen LogP contribution in [-0.4, -0.2) is 23.1 Å². The van der Waals surface area contributed by atoms with E-state index in [9.17, 15) is 4.79 Å². The van der Waals surface area contributed by atoms with Crippen LogP contribution in [0, 0.1) is 0 Å². The van der Waals surface area contributed by atoms with Crippen molar-refractivity contribution < 1.29 is 19.0 Å². The van der Waals surface area contributed by atoms with Gasteiger partial charge < -0.3 is 19.5 Å². The standard InChI is InChI=1S/C22H20N2O4/c1-15-21(28-20-11-3-2-10-19(20)27-15)22(25)24-16-8-6-9-18(13-16)26-14-17-7-4-5-12-23-17/h2-13,15,21H,14H2,1H3,(H,24,25). The average Bonchev–Trinajstić information content (AvgIpc) is 2.73. The zero-order valence-electron chi connectivity index (χ0n) is 15.4. The van der Waals surface area contributed by atoms with Crippen LogP contribution in [0.1, 0.15) is 12.6 Å². The molecule has 2 unspecified atom stereocenters. The van der Waals surface area contributed by atoms with Crippen LogP contribution >= 0.6 is 0 Å². The van der Waals surface area contributed by atoms with E-state index >= 15 is 0 Å². The Kier molecular flexibility index (Phi) is 5.10. The van der Waals surface area contributed by atoms with E-state index in [0.717, 1.165) is 5.69 Å². The first kappa shape index (κ1) is 17.9. The average molecular weight is 376 g/mol. The second-order valence-corrected chi connectivity index (χ2v) is 6.43. The SMILES string of the molecule is CC1Oc2ccccc2OC1C(=O)Nc1cccc(OCc2ccccn2)c1. The normalized spacial score (nSPS) is 17.6. The van der Waals surface area contributed by atoms with Crippen molar-refractivity contribution >= 4 is 11.6 Å². The smallest absolute Gasteiger partial charge is 0.269 e. The summed E-state index contributed by atoms with van der Waals surface area (Å²) in [5.74, 6) is 1.57. The summed E-state index contributed by atoms with van der Waals surface area (Å²) >= 11 is 0. The molecule has 1 aromatic heterocycles. The highest BCUT2D eigenvalue weighted by Crippen LogP contribution is 2.33. The first-order valence-electron chi connectivity index (χ1n) is 9.05. The predicted molar refractivity (Wildman–Crippen MR) is 105 cm³/mol. The van der Waals surface area contributed by atoms with Gasteiger partial charge in [0.05, 0.1) is 5.69 Å². The number of hydrogen-bond donors (Lipinski definition) is 1. The van der Waals surface area contributed by atoms with Crippen molar-refractivity contribution in [1.29, 1.82) is 0 Å². The molecule has 1 aliphatic rings. The van der Waals surface area contributed by atoms with Crippen LogP contribution in [0.4, 0.5) is 5.69 Å². The summed E-state index contributed by atoms with van der Waals surface area (Å²) in [7, 11) is 0. The lowest BCUT2D eigenvalue weighted by Crippen LogP contribution is -2.46. The molecule has 1 aliphatic heterocycles. The molecule has 0 radical (unpaired) electrons. The largest absolute Gasteiger partial charge is 0.487 e. The number of carbonyl (C=O) groups is 1.